The van der Waals surface area contributed by atoms with E-state index in [1.165, 1.54) is 5.56 Å². The fourth-order valence-electron chi connectivity index (χ4n) is 2.19. The van der Waals surface area contributed by atoms with E-state index in [0.29, 0.717) is 6.61 Å². The van der Waals surface area contributed by atoms with Gasteiger partial charge in [-0.15, -0.1) is 12.4 Å². The Kier molecular flexibility index (Phi) is 8.30. The van der Waals surface area contributed by atoms with Crippen LogP contribution in [0.5, 0.6) is 17.2 Å². The molecule has 0 bridgehead atoms. The Morgan fingerprint density at radius 1 is 0.826 bits per heavy atom. The summed E-state index contributed by atoms with van der Waals surface area (Å²) in [7, 11) is 3.33. The van der Waals surface area contributed by atoms with E-state index in [9.17, 15) is 0 Å². The highest BCUT2D eigenvalue weighted by atomic mass is 35.5. The molecule has 2 rings (SSSR count). The second-order valence-corrected chi connectivity index (χ2v) is 4.87. The molecule has 0 heterocycles. The number of methoxy groups -OCH3 is 2. The normalized spacial score (nSPS) is 9.87. The van der Waals surface area contributed by atoms with Crippen molar-refractivity contribution in [3.05, 3.63) is 53.6 Å². The predicted octanol–water partition coefficient (Wildman–Crippen LogP) is 3.81. The van der Waals surface area contributed by atoms with Gasteiger partial charge in [-0.1, -0.05) is 18.2 Å². The van der Waals surface area contributed by atoms with Gasteiger partial charge in [0.15, 0.2) is 11.5 Å². The third kappa shape index (κ3) is 5.66. The summed E-state index contributed by atoms with van der Waals surface area (Å²) >= 11 is 0. The van der Waals surface area contributed by atoms with Crippen molar-refractivity contribution >= 4 is 12.4 Å². The molecule has 0 spiro atoms. The van der Waals surface area contributed by atoms with Crippen molar-refractivity contribution in [2.75, 3.05) is 20.8 Å². The summed E-state index contributed by atoms with van der Waals surface area (Å²) in [6, 6.07) is 14.1. The molecular formula is C18H24ClNO3. The molecule has 126 valence electrons. The molecule has 0 fully saturated rings. The fraction of sp³-hybridized carbons (Fsp3) is 0.333. The van der Waals surface area contributed by atoms with Crippen molar-refractivity contribution in [3.63, 3.8) is 0 Å². The second kappa shape index (κ2) is 9.98. The smallest absolute Gasteiger partial charge is 0.161 e. The van der Waals surface area contributed by atoms with Crippen LogP contribution >= 0.6 is 12.4 Å². The summed E-state index contributed by atoms with van der Waals surface area (Å²) in [5.41, 5.74) is 2.39. The average molecular weight is 338 g/mol. The number of halogens is 1. The van der Waals surface area contributed by atoms with Crippen LogP contribution in [0.2, 0.25) is 0 Å². The first-order valence-electron chi connectivity index (χ1n) is 7.40. The van der Waals surface area contributed by atoms with Crippen molar-refractivity contribution in [2.45, 2.75) is 20.0 Å². The quantitative estimate of drug-likeness (QED) is 0.795. The summed E-state index contributed by atoms with van der Waals surface area (Å²) in [5.74, 6) is 2.43. The van der Waals surface area contributed by atoms with E-state index in [1.807, 2.05) is 37.3 Å². The molecule has 0 aliphatic carbocycles. The van der Waals surface area contributed by atoms with Gasteiger partial charge in [-0.25, -0.2) is 0 Å². The molecule has 0 amide bonds. The molecule has 0 atom stereocenters. The van der Waals surface area contributed by atoms with Gasteiger partial charge in [-0.05, 0) is 42.3 Å². The van der Waals surface area contributed by atoms with Crippen LogP contribution in [-0.4, -0.2) is 20.8 Å². The molecule has 0 saturated heterocycles. The first-order valence-corrected chi connectivity index (χ1v) is 7.40. The predicted molar refractivity (Wildman–Crippen MR) is 94.9 cm³/mol. The Labute approximate surface area is 144 Å². The maximum absolute atomic E-state index is 5.59. The topological polar surface area (TPSA) is 39.7 Å². The van der Waals surface area contributed by atoms with Crippen LogP contribution in [0.25, 0.3) is 0 Å². The van der Waals surface area contributed by atoms with Crippen LogP contribution < -0.4 is 19.5 Å². The summed E-state index contributed by atoms with van der Waals surface area (Å²) in [4.78, 5) is 0. The minimum absolute atomic E-state index is 0. The van der Waals surface area contributed by atoms with Crippen molar-refractivity contribution in [1.29, 1.82) is 0 Å². The van der Waals surface area contributed by atoms with Crippen LogP contribution in [-0.2, 0) is 13.1 Å². The van der Waals surface area contributed by atoms with Crippen LogP contribution in [0.3, 0.4) is 0 Å². The van der Waals surface area contributed by atoms with E-state index >= 15 is 0 Å². The Morgan fingerprint density at radius 3 is 2.09 bits per heavy atom. The molecular weight excluding hydrogens is 314 g/mol. The highest BCUT2D eigenvalue weighted by Gasteiger charge is 2.05. The molecule has 0 unspecified atom stereocenters. The highest BCUT2D eigenvalue weighted by molar-refractivity contribution is 5.85. The van der Waals surface area contributed by atoms with Crippen LogP contribution in [0.1, 0.15) is 18.1 Å². The number of hydrogen-bond acceptors (Lipinski definition) is 4. The van der Waals surface area contributed by atoms with Crippen molar-refractivity contribution in [3.8, 4) is 17.2 Å². The van der Waals surface area contributed by atoms with Crippen molar-refractivity contribution < 1.29 is 14.2 Å². The minimum atomic E-state index is 0. The molecule has 2 aromatic rings. The Balaban J connectivity index is 0.00000264. The lowest BCUT2D eigenvalue weighted by Crippen LogP contribution is -2.12. The SMILES string of the molecule is CCOc1cc(CNCc2ccc(OC)cc2)ccc1OC.Cl. The standard InChI is InChI=1S/C18H23NO3.ClH/c1-4-22-18-11-15(7-10-17(18)21-3)13-19-12-14-5-8-16(20-2)9-6-14;/h5-11,19H,4,12-13H2,1-3H3;1H. The number of ether oxygens (including phenoxy) is 3. The van der Waals surface area contributed by atoms with Gasteiger partial charge < -0.3 is 19.5 Å². The van der Waals surface area contributed by atoms with Gasteiger partial charge in [0.2, 0.25) is 0 Å². The highest BCUT2D eigenvalue weighted by Crippen LogP contribution is 2.28. The zero-order chi connectivity index (χ0) is 15.8. The van der Waals surface area contributed by atoms with E-state index in [1.54, 1.807) is 14.2 Å². The van der Waals surface area contributed by atoms with Gasteiger partial charge >= 0.3 is 0 Å². The van der Waals surface area contributed by atoms with E-state index in [2.05, 4.69) is 17.4 Å². The molecule has 0 radical (unpaired) electrons. The molecule has 0 aliphatic rings. The molecule has 0 aromatic heterocycles. The van der Waals surface area contributed by atoms with E-state index in [-0.39, 0.29) is 12.4 Å². The van der Waals surface area contributed by atoms with Crippen molar-refractivity contribution in [1.82, 2.24) is 5.32 Å². The first-order chi connectivity index (χ1) is 10.8. The average Bonchev–Trinajstić information content (AvgIpc) is 2.56. The Bertz CT molecular complexity index is 587. The van der Waals surface area contributed by atoms with E-state index in [0.717, 1.165) is 35.9 Å². The van der Waals surface area contributed by atoms with Gasteiger partial charge in [0, 0.05) is 13.1 Å². The molecule has 23 heavy (non-hydrogen) atoms. The van der Waals surface area contributed by atoms with Crippen LogP contribution in [0.4, 0.5) is 0 Å². The lowest BCUT2D eigenvalue weighted by Gasteiger charge is -2.12. The first kappa shape index (κ1) is 19.1. The molecule has 1 N–H and O–H groups in total. The number of rotatable bonds is 8. The Hall–Kier alpha value is -1.91. The molecule has 0 saturated carbocycles. The van der Waals surface area contributed by atoms with Crippen molar-refractivity contribution in [2.24, 2.45) is 0 Å². The van der Waals surface area contributed by atoms with Crippen LogP contribution in [0, 0.1) is 0 Å². The van der Waals surface area contributed by atoms with Gasteiger partial charge in [-0.2, -0.15) is 0 Å². The maximum atomic E-state index is 5.59. The zero-order valence-corrected chi connectivity index (χ0v) is 14.6. The summed E-state index contributed by atoms with van der Waals surface area (Å²) < 4.78 is 16.0. The van der Waals surface area contributed by atoms with Gasteiger partial charge in [0.25, 0.3) is 0 Å². The lowest BCUT2D eigenvalue weighted by molar-refractivity contribution is 0.310. The van der Waals surface area contributed by atoms with E-state index in [4.69, 9.17) is 14.2 Å². The third-order valence-electron chi connectivity index (χ3n) is 3.35. The zero-order valence-electron chi connectivity index (χ0n) is 13.8. The second-order valence-electron chi connectivity index (χ2n) is 4.87. The van der Waals surface area contributed by atoms with Gasteiger partial charge in [-0.3, -0.25) is 0 Å². The van der Waals surface area contributed by atoms with E-state index < -0.39 is 0 Å². The largest absolute Gasteiger partial charge is 0.497 e. The minimum Gasteiger partial charge on any atom is -0.497 e. The summed E-state index contributed by atoms with van der Waals surface area (Å²) in [6.45, 7) is 4.17. The molecule has 2 aromatic carbocycles. The number of nitrogens with one attached hydrogen (secondary N) is 1. The monoisotopic (exact) mass is 337 g/mol. The summed E-state index contributed by atoms with van der Waals surface area (Å²) in [6.07, 6.45) is 0. The summed E-state index contributed by atoms with van der Waals surface area (Å²) in [5, 5.41) is 3.43. The molecule has 4 nitrogen and oxygen atoms in total. The number of benzene rings is 2. The third-order valence-corrected chi connectivity index (χ3v) is 3.35. The van der Waals surface area contributed by atoms with Crippen LogP contribution in [0.15, 0.2) is 42.5 Å². The fourth-order valence-corrected chi connectivity index (χ4v) is 2.19. The lowest BCUT2D eigenvalue weighted by atomic mass is 10.2. The maximum Gasteiger partial charge on any atom is 0.161 e. The van der Waals surface area contributed by atoms with Gasteiger partial charge in [0.1, 0.15) is 5.75 Å². The van der Waals surface area contributed by atoms with Gasteiger partial charge in [0.05, 0.1) is 20.8 Å². The molecule has 5 heteroatoms. The number of hydrogen-bond donors (Lipinski definition) is 1. The Morgan fingerprint density at radius 2 is 1.48 bits per heavy atom. The molecule has 0 aliphatic heterocycles.